The maximum atomic E-state index is 5.63. The number of hydrogen-bond donors (Lipinski definition) is 1. The first-order chi connectivity index (χ1) is 9.07. The summed E-state index contributed by atoms with van der Waals surface area (Å²) in [7, 11) is 0. The Morgan fingerprint density at radius 1 is 1.16 bits per heavy atom. The molecule has 104 valence electrons. The van der Waals surface area contributed by atoms with Gasteiger partial charge in [0.2, 0.25) is 0 Å². The van der Waals surface area contributed by atoms with Gasteiger partial charge in [-0.15, -0.1) is 0 Å². The highest BCUT2D eigenvalue weighted by Crippen LogP contribution is 2.59. The number of hydrogen-bond acceptors (Lipinski definition) is 1. The zero-order chi connectivity index (χ0) is 13.2. The molecule has 5 rings (SSSR count). The Morgan fingerprint density at radius 3 is 2.16 bits per heavy atom. The standard InChI is InChI=1S/C16H24N2S/c1-10(2)14-9-17-15(19)18(14)16-6-11-3-12(7-16)5-13(4-11)8-16/h9-13H,3-8H2,1-2H3,(H,17,19). The Hall–Kier alpha value is -0.570. The second-order valence-corrected chi connectivity index (χ2v) is 8.04. The van der Waals surface area contributed by atoms with Crippen molar-refractivity contribution in [1.82, 2.24) is 9.55 Å². The molecule has 0 spiro atoms. The highest BCUT2D eigenvalue weighted by atomic mass is 32.1. The molecule has 4 fully saturated rings. The molecule has 1 N–H and O–H groups in total. The van der Waals surface area contributed by atoms with E-state index in [1.807, 2.05) is 0 Å². The summed E-state index contributed by atoms with van der Waals surface area (Å²) in [5.41, 5.74) is 1.79. The molecule has 4 saturated carbocycles. The van der Waals surface area contributed by atoms with Gasteiger partial charge < -0.3 is 9.55 Å². The third kappa shape index (κ3) is 1.70. The minimum atomic E-state index is 0.367. The average molecular weight is 276 g/mol. The molecule has 0 atom stereocenters. The van der Waals surface area contributed by atoms with Crippen LogP contribution < -0.4 is 0 Å². The molecule has 4 bridgehead atoms. The van der Waals surface area contributed by atoms with E-state index in [0.717, 1.165) is 22.5 Å². The van der Waals surface area contributed by atoms with E-state index < -0.39 is 0 Å². The lowest BCUT2D eigenvalue weighted by Gasteiger charge is -2.57. The van der Waals surface area contributed by atoms with E-state index in [2.05, 4.69) is 29.6 Å². The van der Waals surface area contributed by atoms with Gasteiger partial charge >= 0.3 is 0 Å². The van der Waals surface area contributed by atoms with Crippen LogP contribution in [0.25, 0.3) is 0 Å². The van der Waals surface area contributed by atoms with Gasteiger partial charge in [-0.05, 0) is 74.4 Å². The Kier molecular flexibility index (Phi) is 2.55. The zero-order valence-corrected chi connectivity index (χ0v) is 12.8. The van der Waals surface area contributed by atoms with Crippen LogP contribution in [-0.2, 0) is 5.54 Å². The fourth-order valence-corrected chi connectivity index (χ4v) is 5.99. The minimum absolute atomic E-state index is 0.367. The summed E-state index contributed by atoms with van der Waals surface area (Å²) in [6.07, 6.45) is 10.8. The number of imidazole rings is 1. The molecule has 19 heavy (non-hydrogen) atoms. The molecular weight excluding hydrogens is 252 g/mol. The van der Waals surface area contributed by atoms with Crippen molar-refractivity contribution in [3.8, 4) is 0 Å². The van der Waals surface area contributed by atoms with Gasteiger partial charge in [0.25, 0.3) is 0 Å². The maximum absolute atomic E-state index is 5.63. The van der Waals surface area contributed by atoms with E-state index in [9.17, 15) is 0 Å². The van der Waals surface area contributed by atoms with Gasteiger partial charge in [0.1, 0.15) is 0 Å². The first kappa shape index (κ1) is 12.2. The van der Waals surface area contributed by atoms with E-state index in [1.165, 1.54) is 44.2 Å². The van der Waals surface area contributed by atoms with Crippen molar-refractivity contribution in [2.24, 2.45) is 17.8 Å². The molecule has 3 heteroatoms. The van der Waals surface area contributed by atoms with E-state index in [1.54, 1.807) is 0 Å². The van der Waals surface area contributed by atoms with Gasteiger partial charge in [-0.1, -0.05) is 13.8 Å². The molecule has 1 aromatic rings. The van der Waals surface area contributed by atoms with Crippen LogP contribution in [0.2, 0.25) is 0 Å². The van der Waals surface area contributed by atoms with Crippen molar-refractivity contribution < 1.29 is 0 Å². The second kappa shape index (κ2) is 3.97. The van der Waals surface area contributed by atoms with E-state index in [-0.39, 0.29) is 0 Å². The van der Waals surface area contributed by atoms with Gasteiger partial charge in [0, 0.05) is 17.4 Å². The summed E-state index contributed by atoms with van der Waals surface area (Å²) in [4.78, 5) is 3.32. The highest BCUT2D eigenvalue weighted by molar-refractivity contribution is 7.71. The van der Waals surface area contributed by atoms with Crippen molar-refractivity contribution >= 4 is 12.2 Å². The van der Waals surface area contributed by atoms with Crippen LogP contribution in [0.1, 0.15) is 64.0 Å². The van der Waals surface area contributed by atoms with E-state index >= 15 is 0 Å². The van der Waals surface area contributed by atoms with Gasteiger partial charge in [-0.3, -0.25) is 0 Å². The van der Waals surface area contributed by atoms with E-state index in [0.29, 0.717) is 11.5 Å². The van der Waals surface area contributed by atoms with Crippen LogP contribution in [0.4, 0.5) is 0 Å². The fourth-order valence-electron chi connectivity index (χ4n) is 5.63. The van der Waals surface area contributed by atoms with Crippen molar-refractivity contribution in [3.05, 3.63) is 16.7 Å². The molecule has 1 heterocycles. The molecule has 0 aliphatic heterocycles. The Labute approximate surface area is 120 Å². The van der Waals surface area contributed by atoms with Gasteiger partial charge in [0.05, 0.1) is 0 Å². The lowest BCUT2D eigenvalue weighted by atomic mass is 9.53. The van der Waals surface area contributed by atoms with Crippen LogP contribution in [0.3, 0.4) is 0 Å². The number of nitrogens with one attached hydrogen (secondary N) is 1. The molecule has 0 aromatic carbocycles. The predicted molar refractivity (Wildman–Crippen MR) is 79.9 cm³/mol. The number of H-pyrrole nitrogens is 1. The van der Waals surface area contributed by atoms with E-state index in [4.69, 9.17) is 12.2 Å². The molecule has 1 aromatic heterocycles. The maximum Gasteiger partial charge on any atom is 0.177 e. The summed E-state index contributed by atoms with van der Waals surface area (Å²) >= 11 is 5.63. The Morgan fingerprint density at radius 2 is 1.68 bits per heavy atom. The fraction of sp³-hybridized carbons (Fsp3) is 0.812. The average Bonchev–Trinajstić information content (AvgIpc) is 2.70. The number of nitrogens with zero attached hydrogens (tertiary/aromatic N) is 1. The lowest BCUT2D eigenvalue weighted by Crippen LogP contribution is -2.52. The zero-order valence-electron chi connectivity index (χ0n) is 12.0. The van der Waals surface area contributed by atoms with Crippen LogP contribution in [0.5, 0.6) is 0 Å². The van der Waals surface area contributed by atoms with Gasteiger partial charge in [0.15, 0.2) is 4.77 Å². The van der Waals surface area contributed by atoms with Crippen molar-refractivity contribution in [2.75, 3.05) is 0 Å². The molecule has 4 aliphatic rings. The number of aromatic amines is 1. The first-order valence-electron chi connectivity index (χ1n) is 7.88. The van der Waals surface area contributed by atoms with Crippen LogP contribution in [0, 0.1) is 22.5 Å². The largest absolute Gasteiger partial charge is 0.337 e. The van der Waals surface area contributed by atoms with Gasteiger partial charge in [-0.25, -0.2) is 0 Å². The van der Waals surface area contributed by atoms with Crippen molar-refractivity contribution in [1.29, 1.82) is 0 Å². The molecule has 0 saturated heterocycles. The SMILES string of the molecule is CC(C)c1c[nH]c(=S)n1C12CC3CC(CC(C3)C1)C2. The predicted octanol–water partition coefficient (Wildman–Crippen LogP) is 4.59. The molecule has 4 aliphatic carbocycles. The molecule has 2 nitrogen and oxygen atoms in total. The topological polar surface area (TPSA) is 20.7 Å². The summed E-state index contributed by atoms with van der Waals surface area (Å²) in [5, 5.41) is 0. The minimum Gasteiger partial charge on any atom is -0.337 e. The summed E-state index contributed by atoms with van der Waals surface area (Å²) < 4.78 is 3.50. The van der Waals surface area contributed by atoms with Crippen molar-refractivity contribution in [3.63, 3.8) is 0 Å². The molecular formula is C16H24N2S. The normalized spacial score (nSPS) is 40.3. The summed E-state index contributed by atoms with van der Waals surface area (Å²) in [6, 6.07) is 0. The first-order valence-corrected chi connectivity index (χ1v) is 8.29. The molecule has 0 unspecified atom stereocenters. The van der Waals surface area contributed by atoms with Crippen LogP contribution in [0.15, 0.2) is 6.20 Å². The van der Waals surface area contributed by atoms with Crippen molar-refractivity contribution in [2.45, 2.75) is 63.8 Å². The number of aromatic nitrogens is 2. The summed E-state index contributed by atoms with van der Waals surface area (Å²) in [6.45, 7) is 4.57. The second-order valence-electron chi connectivity index (χ2n) is 7.65. The third-order valence-corrected chi connectivity index (χ3v) is 6.18. The van der Waals surface area contributed by atoms with Crippen LogP contribution >= 0.6 is 12.2 Å². The Balaban J connectivity index is 1.84. The summed E-state index contributed by atoms with van der Waals surface area (Å²) in [5.74, 6) is 3.48. The molecule has 0 radical (unpaired) electrons. The van der Waals surface area contributed by atoms with Crippen LogP contribution in [-0.4, -0.2) is 9.55 Å². The monoisotopic (exact) mass is 276 g/mol. The smallest absolute Gasteiger partial charge is 0.177 e. The number of rotatable bonds is 2. The highest BCUT2D eigenvalue weighted by Gasteiger charge is 2.52. The Bertz CT molecular complexity index is 516. The lowest BCUT2D eigenvalue weighted by molar-refractivity contribution is -0.0452. The quantitative estimate of drug-likeness (QED) is 0.783. The molecule has 0 amide bonds. The van der Waals surface area contributed by atoms with Gasteiger partial charge in [-0.2, -0.15) is 0 Å². The third-order valence-electron chi connectivity index (χ3n) is 5.88.